The van der Waals surface area contributed by atoms with Gasteiger partial charge in [0, 0.05) is 64.6 Å². The molecule has 3 amide bonds. The van der Waals surface area contributed by atoms with Crippen LogP contribution in [-0.4, -0.2) is 104 Å². The van der Waals surface area contributed by atoms with E-state index in [9.17, 15) is 23.6 Å². The summed E-state index contributed by atoms with van der Waals surface area (Å²) in [7, 11) is 3.37. The van der Waals surface area contributed by atoms with E-state index in [1.165, 1.54) is 24.1 Å². The van der Waals surface area contributed by atoms with Crippen molar-refractivity contribution in [1.82, 2.24) is 14.7 Å². The Labute approximate surface area is 264 Å². The number of fused-ring (bicyclic) bond motifs is 1. The van der Waals surface area contributed by atoms with Gasteiger partial charge in [0.2, 0.25) is 5.78 Å². The fourth-order valence-corrected chi connectivity index (χ4v) is 6.41. The fraction of sp³-hybridized carbons (Fsp3) is 0.529. The van der Waals surface area contributed by atoms with Gasteiger partial charge in [0.1, 0.15) is 17.2 Å². The maximum atomic E-state index is 13.8. The Morgan fingerprint density at radius 1 is 0.889 bits per heavy atom. The van der Waals surface area contributed by atoms with E-state index in [0.717, 1.165) is 30.5 Å². The highest BCUT2D eigenvalue weighted by Gasteiger charge is 2.40. The van der Waals surface area contributed by atoms with E-state index in [0.29, 0.717) is 42.4 Å². The second kappa shape index (κ2) is 13.1. The number of ketones is 1. The first-order chi connectivity index (χ1) is 21.3. The van der Waals surface area contributed by atoms with E-state index in [1.54, 1.807) is 37.8 Å². The van der Waals surface area contributed by atoms with Gasteiger partial charge in [0.15, 0.2) is 0 Å². The Morgan fingerprint density at radius 2 is 1.51 bits per heavy atom. The standard InChI is InChI=1S/C34H43FN4O6/c1-34(2,3)45-33(43)39-16-14-38(15-17-39)32(42)30(40)27-21-36(4)28-20-29(44-5)26(19-25(27)28)31(41)37-12-10-23(11-13-37)18-22-6-8-24(35)9-7-22/h6-9,19-20,23,27H,10-18,21H2,1-5H3. The number of likely N-dealkylation sites (tertiary alicyclic amines) is 1. The SMILES string of the molecule is COc1cc2c(cc1C(=O)N1CCC(Cc3ccc(F)cc3)CC1)C(C(=O)C(=O)N1CCN(C(=O)OC(C)(C)C)CC1)CN2C. The van der Waals surface area contributed by atoms with Crippen LogP contribution in [0.1, 0.15) is 61.0 Å². The molecule has 0 saturated carbocycles. The minimum atomic E-state index is -0.722. The molecule has 0 radical (unpaired) electrons. The summed E-state index contributed by atoms with van der Waals surface area (Å²) in [6.07, 6.45) is 2.06. The molecule has 0 aromatic heterocycles. The van der Waals surface area contributed by atoms with Gasteiger partial charge in [0.25, 0.3) is 11.8 Å². The van der Waals surface area contributed by atoms with E-state index in [4.69, 9.17) is 9.47 Å². The van der Waals surface area contributed by atoms with Crippen molar-refractivity contribution in [3.8, 4) is 5.75 Å². The maximum Gasteiger partial charge on any atom is 0.410 e. The van der Waals surface area contributed by atoms with Crippen molar-refractivity contribution in [3.63, 3.8) is 0 Å². The number of halogens is 1. The van der Waals surface area contributed by atoms with Crippen LogP contribution in [0.5, 0.6) is 5.75 Å². The number of Topliss-reactive ketones (excluding diaryl/α,β-unsaturated/α-hetero) is 1. The number of carbonyl (C=O) groups is 4. The van der Waals surface area contributed by atoms with Gasteiger partial charge in [0.05, 0.1) is 18.6 Å². The van der Waals surface area contributed by atoms with Crippen LogP contribution in [0, 0.1) is 11.7 Å². The summed E-state index contributed by atoms with van der Waals surface area (Å²) >= 11 is 0. The molecule has 242 valence electrons. The largest absolute Gasteiger partial charge is 0.496 e. The molecule has 3 aliphatic heterocycles. The lowest BCUT2D eigenvalue weighted by molar-refractivity contribution is -0.146. The summed E-state index contributed by atoms with van der Waals surface area (Å²) in [6, 6.07) is 10.1. The number of rotatable bonds is 6. The summed E-state index contributed by atoms with van der Waals surface area (Å²) < 4.78 is 24.4. The van der Waals surface area contributed by atoms with Crippen LogP contribution < -0.4 is 9.64 Å². The smallest absolute Gasteiger partial charge is 0.410 e. The number of amides is 3. The quantitative estimate of drug-likeness (QED) is 0.447. The Bertz CT molecular complexity index is 1440. The molecule has 5 rings (SSSR count). The van der Waals surface area contributed by atoms with Crippen LogP contribution in [0.4, 0.5) is 14.9 Å². The number of methoxy groups -OCH3 is 1. The summed E-state index contributed by atoms with van der Waals surface area (Å²) in [4.78, 5) is 60.0. The summed E-state index contributed by atoms with van der Waals surface area (Å²) in [5.74, 6) is -1.43. The topological polar surface area (TPSA) is 99.7 Å². The minimum absolute atomic E-state index is 0.166. The fourth-order valence-electron chi connectivity index (χ4n) is 6.41. The predicted octanol–water partition coefficient (Wildman–Crippen LogP) is 4.11. The van der Waals surface area contributed by atoms with Crippen LogP contribution >= 0.6 is 0 Å². The zero-order valence-corrected chi connectivity index (χ0v) is 26.8. The molecule has 1 unspecified atom stereocenters. The first-order valence-electron chi connectivity index (χ1n) is 15.6. The number of ether oxygens (including phenoxy) is 2. The van der Waals surface area contributed by atoms with Crippen LogP contribution in [0.15, 0.2) is 36.4 Å². The molecule has 11 heteroatoms. The van der Waals surface area contributed by atoms with E-state index in [-0.39, 0.29) is 37.9 Å². The van der Waals surface area contributed by atoms with E-state index >= 15 is 0 Å². The number of nitrogens with zero attached hydrogens (tertiary/aromatic N) is 4. The highest BCUT2D eigenvalue weighted by molar-refractivity contribution is 6.38. The molecule has 0 bridgehead atoms. The number of anilines is 1. The normalized spacial score (nSPS) is 18.9. The van der Waals surface area contributed by atoms with Crippen molar-refractivity contribution in [1.29, 1.82) is 0 Å². The monoisotopic (exact) mass is 622 g/mol. The zero-order valence-electron chi connectivity index (χ0n) is 26.8. The Kier molecular flexibility index (Phi) is 9.36. The highest BCUT2D eigenvalue weighted by Crippen LogP contribution is 2.41. The van der Waals surface area contributed by atoms with E-state index < -0.39 is 29.3 Å². The molecule has 1 atom stereocenters. The predicted molar refractivity (Wildman–Crippen MR) is 167 cm³/mol. The number of hydrogen-bond acceptors (Lipinski definition) is 7. The molecular formula is C34H43FN4O6. The number of benzene rings is 2. The van der Waals surface area contributed by atoms with Crippen molar-refractivity contribution in [2.45, 2.75) is 51.6 Å². The Morgan fingerprint density at radius 3 is 2.11 bits per heavy atom. The van der Waals surface area contributed by atoms with Crippen molar-refractivity contribution < 1.29 is 33.0 Å². The van der Waals surface area contributed by atoms with Crippen LogP contribution in [-0.2, 0) is 20.7 Å². The zero-order chi connectivity index (χ0) is 32.5. The molecular weight excluding hydrogens is 579 g/mol. The van der Waals surface area contributed by atoms with Gasteiger partial charge in [-0.25, -0.2) is 9.18 Å². The van der Waals surface area contributed by atoms with Crippen molar-refractivity contribution in [2.24, 2.45) is 5.92 Å². The van der Waals surface area contributed by atoms with Gasteiger partial charge in [-0.15, -0.1) is 0 Å². The first-order valence-corrected chi connectivity index (χ1v) is 15.6. The van der Waals surface area contributed by atoms with E-state index in [1.807, 2.05) is 29.0 Å². The molecule has 3 aliphatic rings. The molecule has 2 aromatic rings. The summed E-state index contributed by atoms with van der Waals surface area (Å²) in [5, 5.41) is 0. The minimum Gasteiger partial charge on any atom is -0.496 e. The highest BCUT2D eigenvalue weighted by atomic mass is 19.1. The Balaban J connectivity index is 1.25. The maximum absolute atomic E-state index is 13.8. The van der Waals surface area contributed by atoms with Gasteiger partial charge < -0.3 is 29.1 Å². The number of piperidine rings is 1. The third-order valence-electron chi connectivity index (χ3n) is 8.91. The lowest BCUT2D eigenvalue weighted by Crippen LogP contribution is -2.53. The second-order valence-electron chi connectivity index (χ2n) is 13.2. The molecule has 10 nitrogen and oxygen atoms in total. The lowest BCUT2D eigenvalue weighted by atomic mass is 9.89. The molecule has 0 aliphatic carbocycles. The number of hydrogen-bond donors (Lipinski definition) is 0. The first kappa shape index (κ1) is 32.2. The van der Waals surface area contributed by atoms with Crippen molar-refractivity contribution in [2.75, 3.05) is 64.9 Å². The van der Waals surface area contributed by atoms with Gasteiger partial charge in [-0.05, 0) is 75.3 Å². The molecule has 3 heterocycles. The van der Waals surface area contributed by atoms with Gasteiger partial charge in [-0.2, -0.15) is 0 Å². The molecule has 2 fully saturated rings. The lowest BCUT2D eigenvalue weighted by Gasteiger charge is -2.35. The summed E-state index contributed by atoms with van der Waals surface area (Å²) in [6.45, 7) is 7.93. The number of carbonyl (C=O) groups excluding carboxylic acids is 4. The van der Waals surface area contributed by atoms with Gasteiger partial charge >= 0.3 is 6.09 Å². The molecule has 45 heavy (non-hydrogen) atoms. The molecule has 0 N–H and O–H groups in total. The molecule has 2 saturated heterocycles. The third-order valence-corrected chi connectivity index (χ3v) is 8.91. The number of likely N-dealkylation sites (N-methyl/N-ethyl adjacent to an activating group) is 1. The average molecular weight is 623 g/mol. The van der Waals surface area contributed by atoms with Crippen molar-refractivity contribution in [3.05, 3.63) is 58.9 Å². The molecule has 2 aromatic carbocycles. The van der Waals surface area contributed by atoms with Crippen LogP contribution in [0.3, 0.4) is 0 Å². The molecule has 0 spiro atoms. The summed E-state index contributed by atoms with van der Waals surface area (Å²) in [5.41, 5.74) is 2.23. The van der Waals surface area contributed by atoms with Crippen molar-refractivity contribution >= 4 is 29.4 Å². The number of piperazine rings is 1. The van der Waals surface area contributed by atoms with Gasteiger partial charge in [-0.3, -0.25) is 14.4 Å². The van der Waals surface area contributed by atoms with Crippen LogP contribution in [0.25, 0.3) is 0 Å². The Hall–Kier alpha value is -4.15. The second-order valence-corrected chi connectivity index (χ2v) is 13.2. The average Bonchev–Trinajstić information content (AvgIpc) is 3.35. The van der Waals surface area contributed by atoms with Crippen LogP contribution in [0.2, 0.25) is 0 Å². The third kappa shape index (κ3) is 7.23. The van der Waals surface area contributed by atoms with E-state index in [2.05, 4.69) is 0 Å². The van der Waals surface area contributed by atoms with Gasteiger partial charge in [-0.1, -0.05) is 12.1 Å².